The molecule has 3 aliphatic rings. The summed E-state index contributed by atoms with van der Waals surface area (Å²) in [6, 6.07) is 8.70. The fourth-order valence-electron chi connectivity index (χ4n) is 6.89. The topological polar surface area (TPSA) is 89.9 Å². The largest absolute Gasteiger partial charge is 0.490 e. The lowest BCUT2D eigenvalue weighted by molar-refractivity contribution is -0.332. The second kappa shape index (κ2) is 9.97. The smallest absolute Gasteiger partial charge is 0.184 e. The van der Waals surface area contributed by atoms with E-state index in [0.717, 1.165) is 11.1 Å². The van der Waals surface area contributed by atoms with Crippen molar-refractivity contribution in [3.63, 3.8) is 0 Å². The van der Waals surface area contributed by atoms with Crippen molar-refractivity contribution in [2.45, 2.75) is 92.8 Å². The molecular formula is C33H42O6. The number of Topliss-reactive ketones (excluding diaryl/α,β-unsaturated/α-hetero) is 3. The number of allylic oxidation sites excluding steroid dienone is 6. The van der Waals surface area contributed by atoms with E-state index < -0.39 is 39.5 Å². The molecule has 1 aromatic rings. The highest BCUT2D eigenvalue weighted by Gasteiger charge is 2.77. The van der Waals surface area contributed by atoms with Crippen molar-refractivity contribution in [2.24, 2.45) is 22.2 Å². The third-order valence-corrected chi connectivity index (χ3v) is 9.39. The second-order valence-corrected chi connectivity index (χ2v) is 13.1. The van der Waals surface area contributed by atoms with Crippen LogP contribution in [0.25, 0.3) is 0 Å². The van der Waals surface area contributed by atoms with Gasteiger partial charge in [0.05, 0.1) is 5.41 Å². The first-order chi connectivity index (χ1) is 18.2. The van der Waals surface area contributed by atoms with Crippen molar-refractivity contribution in [2.75, 3.05) is 0 Å². The van der Waals surface area contributed by atoms with Gasteiger partial charge in [-0.05, 0) is 72.1 Å². The number of ketones is 3. The van der Waals surface area contributed by atoms with Crippen molar-refractivity contribution in [3.8, 4) is 0 Å². The Labute approximate surface area is 232 Å². The lowest BCUT2D eigenvalue weighted by Gasteiger charge is -2.58. The van der Waals surface area contributed by atoms with Crippen LogP contribution in [0.3, 0.4) is 0 Å². The molecule has 6 nitrogen and oxygen atoms in total. The summed E-state index contributed by atoms with van der Waals surface area (Å²) in [5.41, 5.74) is -2.27. The van der Waals surface area contributed by atoms with Gasteiger partial charge in [0, 0.05) is 17.6 Å². The van der Waals surface area contributed by atoms with Crippen LogP contribution in [-0.4, -0.2) is 34.3 Å². The van der Waals surface area contributed by atoms with E-state index in [1.165, 1.54) is 0 Å². The van der Waals surface area contributed by atoms with Crippen molar-refractivity contribution < 1.29 is 29.3 Å². The molecule has 210 valence electrons. The van der Waals surface area contributed by atoms with Crippen LogP contribution in [0.5, 0.6) is 0 Å². The molecule has 2 bridgehead atoms. The predicted octanol–water partition coefficient (Wildman–Crippen LogP) is 7.06. The average Bonchev–Trinajstić information content (AvgIpc) is 3.27. The van der Waals surface area contributed by atoms with Gasteiger partial charge in [0.1, 0.15) is 17.5 Å². The fourth-order valence-corrected chi connectivity index (χ4v) is 6.89. The lowest BCUT2D eigenvalue weighted by atomic mass is 9.39. The van der Waals surface area contributed by atoms with Crippen LogP contribution in [0.1, 0.15) is 91.4 Å². The molecular weight excluding hydrogens is 492 g/mol. The van der Waals surface area contributed by atoms with Gasteiger partial charge in [-0.3, -0.25) is 19.6 Å². The zero-order valence-electron chi connectivity index (χ0n) is 24.5. The maximum Gasteiger partial charge on any atom is 0.184 e. The van der Waals surface area contributed by atoms with Crippen LogP contribution < -0.4 is 0 Å². The molecule has 0 amide bonds. The Balaban J connectivity index is 2.06. The van der Waals surface area contributed by atoms with Gasteiger partial charge >= 0.3 is 0 Å². The van der Waals surface area contributed by atoms with Crippen LogP contribution in [0.15, 0.2) is 65.0 Å². The van der Waals surface area contributed by atoms with E-state index in [1.807, 2.05) is 53.7 Å². The molecule has 2 aliphatic carbocycles. The van der Waals surface area contributed by atoms with E-state index in [9.17, 15) is 14.8 Å². The quantitative estimate of drug-likeness (QED) is 0.126. The molecule has 1 aromatic carbocycles. The zero-order chi connectivity index (χ0) is 29.0. The Kier molecular flexibility index (Phi) is 7.46. The van der Waals surface area contributed by atoms with Crippen molar-refractivity contribution >= 4 is 17.3 Å². The first-order valence-electron chi connectivity index (χ1n) is 13.9. The van der Waals surface area contributed by atoms with E-state index in [4.69, 9.17) is 9.62 Å². The Hall–Kier alpha value is -2.83. The maximum atomic E-state index is 15.0. The minimum absolute atomic E-state index is 0.151. The number of rotatable bonds is 8. The molecule has 1 heterocycles. The number of benzene rings is 1. The molecule has 4 rings (SSSR count). The molecule has 1 N–H and O–H groups in total. The van der Waals surface area contributed by atoms with Crippen LogP contribution in [0.2, 0.25) is 0 Å². The first kappa shape index (κ1) is 29.2. The first-order valence-corrected chi connectivity index (χ1v) is 13.9. The third kappa shape index (κ3) is 4.27. The van der Waals surface area contributed by atoms with E-state index in [2.05, 4.69) is 6.08 Å². The van der Waals surface area contributed by atoms with Gasteiger partial charge in [0.15, 0.2) is 22.8 Å². The molecule has 1 saturated heterocycles. The summed E-state index contributed by atoms with van der Waals surface area (Å²) in [4.78, 5) is 49.3. The Bertz CT molecular complexity index is 1270. The number of hydrogen-bond acceptors (Lipinski definition) is 6. The number of ether oxygens (including phenoxy) is 1. The highest BCUT2D eigenvalue weighted by Crippen LogP contribution is 2.69. The van der Waals surface area contributed by atoms with Crippen molar-refractivity contribution in [1.29, 1.82) is 0 Å². The van der Waals surface area contributed by atoms with E-state index in [-0.39, 0.29) is 24.5 Å². The molecule has 4 atom stereocenters. The lowest BCUT2D eigenvalue weighted by Crippen LogP contribution is -2.69. The second-order valence-electron chi connectivity index (χ2n) is 13.1. The van der Waals surface area contributed by atoms with E-state index >= 15 is 4.79 Å². The summed E-state index contributed by atoms with van der Waals surface area (Å²) in [7, 11) is 0. The van der Waals surface area contributed by atoms with Crippen LogP contribution in [-0.2, 0) is 19.2 Å². The predicted molar refractivity (Wildman–Crippen MR) is 150 cm³/mol. The van der Waals surface area contributed by atoms with Gasteiger partial charge in [-0.1, -0.05) is 67.5 Å². The molecule has 1 spiro atoms. The Morgan fingerprint density at radius 2 is 1.67 bits per heavy atom. The maximum absolute atomic E-state index is 15.0. The summed E-state index contributed by atoms with van der Waals surface area (Å²) >= 11 is 0. The molecule has 39 heavy (non-hydrogen) atoms. The minimum Gasteiger partial charge on any atom is -0.490 e. The van der Waals surface area contributed by atoms with Crippen molar-refractivity contribution in [1.82, 2.24) is 0 Å². The number of carbonyl (C=O) groups is 3. The van der Waals surface area contributed by atoms with Gasteiger partial charge in [0.2, 0.25) is 0 Å². The summed E-state index contributed by atoms with van der Waals surface area (Å²) in [6.45, 7) is 15.2. The van der Waals surface area contributed by atoms with Crippen LogP contribution in [0.4, 0.5) is 0 Å². The summed E-state index contributed by atoms with van der Waals surface area (Å²) in [5.74, 6) is -1.07. The summed E-state index contributed by atoms with van der Waals surface area (Å²) in [5, 5.41) is 9.72. The minimum atomic E-state index is -1.90. The van der Waals surface area contributed by atoms with Gasteiger partial charge < -0.3 is 4.74 Å². The average molecular weight is 535 g/mol. The van der Waals surface area contributed by atoms with Gasteiger partial charge in [-0.2, -0.15) is 0 Å². The molecule has 1 aliphatic heterocycles. The number of carbonyl (C=O) groups excluding carboxylic acids is 3. The third-order valence-electron chi connectivity index (χ3n) is 9.39. The molecule has 2 fully saturated rings. The summed E-state index contributed by atoms with van der Waals surface area (Å²) in [6.07, 6.45) is 4.96. The molecule has 4 unspecified atom stereocenters. The highest BCUT2D eigenvalue weighted by molar-refractivity contribution is 6.36. The standard InChI is InChI=1S/C33H42O6/c1-20(2)14-16-23-18-32-19-25(31(7,8)39-37)38-28(32)24(17-15-21(3)4)27(35)33(29(32)36,30(23,5)6)26(34)22-12-10-9-11-13-22/h9-15,23,25,37H,16-19H2,1-8H3. The van der Waals surface area contributed by atoms with Crippen LogP contribution >= 0.6 is 0 Å². The molecule has 0 radical (unpaired) electrons. The number of fused-ring (bicyclic) bond motifs is 1. The summed E-state index contributed by atoms with van der Waals surface area (Å²) < 4.78 is 6.45. The number of hydrogen-bond donors (Lipinski definition) is 1. The van der Waals surface area contributed by atoms with E-state index in [0.29, 0.717) is 29.7 Å². The van der Waals surface area contributed by atoms with Gasteiger partial charge in [0.25, 0.3) is 0 Å². The van der Waals surface area contributed by atoms with Gasteiger partial charge in [-0.25, -0.2) is 4.89 Å². The normalized spacial score (nSPS) is 29.5. The van der Waals surface area contributed by atoms with Crippen LogP contribution in [0, 0.1) is 22.2 Å². The van der Waals surface area contributed by atoms with Crippen molar-refractivity contribution in [3.05, 3.63) is 70.5 Å². The van der Waals surface area contributed by atoms with E-state index in [1.54, 1.807) is 38.1 Å². The SMILES string of the molecule is CC(C)=CCC1=C2OC(C(C)(C)OO)CC23CC(CC=C(C)C)C(C)(C)C(C(=O)c2ccccc2)(C1=O)C3=O. The Morgan fingerprint density at radius 3 is 2.23 bits per heavy atom. The van der Waals surface area contributed by atoms with Gasteiger partial charge in [-0.15, -0.1) is 0 Å². The fraction of sp³-hybridized carbons (Fsp3) is 0.545. The highest BCUT2D eigenvalue weighted by atomic mass is 17.1. The molecule has 0 aromatic heterocycles. The molecule has 1 saturated carbocycles. The molecule has 6 heteroatoms. The zero-order valence-corrected chi connectivity index (χ0v) is 24.5. The Morgan fingerprint density at radius 1 is 1.05 bits per heavy atom. The monoisotopic (exact) mass is 534 g/mol.